The van der Waals surface area contributed by atoms with Crippen LogP contribution in [0.2, 0.25) is 0 Å². The molecule has 1 aliphatic heterocycles. The van der Waals surface area contributed by atoms with Gasteiger partial charge in [-0.3, -0.25) is 4.90 Å². The molecule has 1 aromatic carbocycles. The number of benzene rings is 1. The molecule has 0 atom stereocenters. The van der Waals surface area contributed by atoms with Crippen molar-refractivity contribution in [1.29, 1.82) is 0 Å². The highest BCUT2D eigenvalue weighted by molar-refractivity contribution is 7.09. The van der Waals surface area contributed by atoms with Gasteiger partial charge < -0.3 is 5.11 Å². The van der Waals surface area contributed by atoms with Crippen LogP contribution in [0.3, 0.4) is 0 Å². The van der Waals surface area contributed by atoms with Gasteiger partial charge in [0.1, 0.15) is 0 Å². The lowest BCUT2D eigenvalue weighted by Crippen LogP contribution is -2.22. The fraction of sp³-hybridized carbons (Fsp3) is 0.231. The van der Waals surface area contributed by atoms with E-state index in [1.54, 1.807) is 11.3 Å². The summed E-state index contributed by atoms with van der Waals surface area (Å²) >= 11 is 1.62. The van der Waals surface area contributed by atoms with E-state index in [0.29, 0.717) is 13.1 Å². The highest BCUT2D eigenvalue weighted by atomic mass is 32.1. The summed E-state index contributed by atoms with van der Waals surface area (Å²) in [7, 11) is 0. The number of fused-ring (bicyclic) bond motifs is 1. The lowest BCUT2D eigenvalue weighted by atomic mass is 10.1. The molecule has 18 heavy (non-hydrogen) atoms. The number of hydrogen-bond donors (Lipinski definition) is 1. The van der Waals surface area contributed by atoms with Crippen molar-refractivity contribution in [3.05, 3.63) is 39.7 Å². The Balaban J connectivity index is 1.94. The standard InChI is InChI=1S/C13H12N2O2S/c1-8-14-12(7-18-8)9-2-3-10-5-15(13(16)17)6-11(10)4-9/h2-4,7H,5-6H2,1H3,(H,16,17). The molecule has 1 aliphatic rings. The molecule has 0 fully saturated rings. The minimum absolute atomic E-state index is 0.474. The number of aryl methyl sites for hydroxylation is 1. The van der Waals surface area contributed by atoms with Crippen molar-refractivity contribution >= 4 is 17.4 Å². The Morgan fingerprint density at radius 2 is 2.17 bits per heavy atom. The molecule has 5 heteroatoms. The van der Waals surface area contributed by atoms with Crippen molar-refractivity contribution in [2.24, 2.45) is 0 Å². The van der Waals surface area contributed by atoms with Gasteiger partial charge in [-0.15, -0.1) is 11.3 Å². The molecule has 1 N–H and O–H groups in total. The van der Waals surface area contributed by atoms with Crippen LogP contribution in [-0.2, 0) is 13.1 Å². The first kappa shape index (κ1) is 11.2. The topological polar surface area (TPSA) is 53.4 Å². The normalized spacial score (nSPS) is 13.7. The summed E-state index contributed by atoms with van der Waals surface area (Å²) in [6.45, 7) is 2.94. The van der Waals surface area contributed by atoms with Crippen molar-refractivity contribution in [1.82, 2.24) is 9.88 Å². The third-order valence-corrected chi connectivity index (χ3v) is 3.89. The number of nitrogens with zero attached hydrogens (tertiary/aromatic N) is 2. The fourth-order valence-electron chi connectivity index (χ4n) is 2.19. The summed E-state index contributed by atoms with van der Waals surface area (Å²) < 4.78 is 0. The zero-order valence-corrected chi connectivity index (χ0v) is 10.7. The van der Waals surface area contributed by atoms with Crippen molar-refractivity contribution < 1.29 is 9.90 Å². The molecule has 0 spiro atoms. The van der Waals surface area contributed by atoms with Gasteiger partial charge in [0.2, 0.25) is 0 Å². The van der Waals surface area contributed by atoms with E-state index in [2.05, 4.69) is 4.98 Å². The van der Waals surface area contributed by atoms with E-state index in [-0.39, 0.29) is 0 Å². The Morgan fingerprint density at radius 3 is 2.83 bits per heavy atom. The number of hydrogen-bond acceptors (Lipinski definition) is 3. The molecule has 0 unspecified atom stereocenters. The van der Waals surface area contributed by atoms with Gasteiger partial charge in [0, 0.05) is 24.0 Å². The highest BCUT2D eigenvalue weighted by Crippen LogP contribution is 2.29. The molecular formula is C13H12N2O2S. The average Bonchev–Trinajstić information content (AvgIpc) is 2.93. The lowest BCUT2D eigenvalue weighted by Gasteiger charge is -2.08. The first-order valence-electron chi connectivity index (χ1n) is 5.65. The summed E-state index contributed by atoms with van der Waals surface area (Å²) in [5, 5.41) is 12.1. The molecule has 1 aromatic heterocycles. The molecule has 2 heterocycles. The number of carboxylic acid groups (broad SMARTS) is 1. The van der Waals surface area contributed by atoms with Crippen LogP contribution in [0.25, 0.3) is 11.3 Å². The Labute approximate surface area is 109 Å². The van der Waals surface area contributed by atoms with E-state index in [1.807, 2.05) is 30.5 Å². The van der Waals surface area contributed by atoms with Crippen LogP contribution < -0.4 is 0 Å². The second kappa shape index (κ2) is 4.10. The van der Waals surface area contributed by atoms with E-state index in [1.165, 1.54) is 4.90 Å². The maximum absolute atomic E-state index is 10.9. The van der Waals surface area contributed by atoms with Crippen molar-refractivity contribution in [3.63, 3.8) is 0 Å². The number of aromatic nitrogens is 1. The van der Waals surface area contributed by atoms with Gasteiger partial charge in [-0.05, 0) is 24.1 Å². The van der Waals surface area contributed by atoms with Gasteiger partial charge in [0.05, 0.1) is 10.7 Å². The molecule has 3 rings (SSSR count). The second-order valence-electron chi connectivity index (χ2n) is 4.37. The molecule has 0 saturated heterocycles. The summed E-state index contributed by atoms with van der Waals surface area (Å²) in [4.78, 5) is 16.8. The first-order valence-corrected chi connectivity index (χ1v) is 6.53. The zero-order chi connectivity index (χ0) is 12.7. The van der Waals surface area contributed by atoms with Gasteiger partial charge in [0.15, 0.2) is 0 Å². The molecule has 2 aromatic rings. The average molecular weight is 260 g/mol. The maximum Gasteiger partial charge on any atom is 0.407 e. The molecule has 0 aliphatic carbocycles. The lowest BCUT2D eigenvalue weighted by molar-refractivity contribution is 0.145. The molecule has 0 radical (unpaired) electrons. The van der Waals surface area contributed by atoms with Crippen LogP contribution in [0.15, 0.2) is 23.6 Å². The van der Waals surface area contributed by atoms with Gasteiger partial charge in [-0.2, -0.15) is 0 Å². The van der Waals surface area contributed by atoms with Crippen molar-refractivity contribution in [3.8, 4) is 11.3 Å². The Hall–Kier alpha value is -1.88. The van der Waals surface area contributed by atoms with Crippen LogP contribution in [0.4, 0.5) is 4.79 Å². The molecule has 92 valence electrons. The molecule has 0 saturated carbocycles. The Kier molecular flexibility index (Phi) is 2.56. The SMILES string of the molecule is Cc1nc(-c2ccc3c(c2)CN(C(=O)O)C3)cs1. The van der Waals surface area contributed by atoms with E-state index in [4.69, 9.17) is 5.11 Å². The van der Waals surface area contributed by atoms with Gasteiger partial charge in [-0.1, -0.05) is 12.1 Å². The van der Waals surface area contributed by atoms with Gasteiger partial charge in [0.25, 0.3) is 0 Å². The molecule has 4 nitrogen and oxygen atoms in total. The van der Waals surface area contributed by atoms with E-state index >= 15 is 0 Å². The monoisotopic (exact) mass is 260 g/mol. The van der Waals surface area contributed by atoms with E-state index in [0.717, 1.165) is 27.4 Å². The minimum Gasteiger partial charge on any atom is -0.465 e. The van der Waals surface area contributed by atoms with Gasteiger partial charge in [-0.25, -0.2) is 9.78 Å². The number of amides is 1. The first-order chi connectivity index (χ1) is 8.63. The van der Waals surface area contributed by atoms with Crippen LogP contribution in [0, 0.1) is 6.92 Å². The third kappa shape index (κ3) is 1.86. The highest BCUT2D eigenvalue weighted by Gasteiger charge is 2.23. The van der Waals surface area contributed by atoms with Crippen molar-refractivity contribution in [2.45, 2.75) is 20.0 Å². The minimum atomic E-state index is -0.864. The largest absolute Gasteiger partial charge is 0.465 e. The predicted molar refractivity (Wildman–Crippen MR) is 69.6 cm³/mol. The predicted octanol–water partition coefficient (Wildman–Crippen LogP) is 3.11. The molecule has 0 bridgehead atoms. The Bertz CT molecular complexity index is 621. The quantitative estimate of drug-likeness (QED) is 0.857. The molecular weight excluding hydrogens is 248 g/mol. The molecule has 1 amide bonds. The maximum atomic E-state index is 10.9. The number of carbonyl (C=O) groups is 1. The zero-order valence-electron chi connectivity index (χ0n) is 9.88. The van der Waals surface area contributed by atoms with Crippen LogP contribution >= 0.6 is 11.3 Å². The second-order valence-corrected chi connectivity index (χ2v) is 5.44. The van der Waals surface area contributed by atoms with Crippen LogP contribution in [0.1, 0.15) is 16.1 Å². The fourth-order valence-corrected chi connectivity index (χ4v) is 2.81. The van der Waals surface area contributed by atoms with Gasteiger partial charge >= 0.3 is 6.09 Å². The Morgan fingerprint density at radius 1 is 1.39 bits per heavy atom. The number of thiazole rings is 1. The summed E-state index contributed by atoms with van der Waals surface area (Å²) in [5.74, 6) is 0. The van der Waals surface area contributed by atoms with Crippen molar-refractivity contribution in [2.75, 3.05) is 0 Å². The summed E-state index contributed by atoms with van der Waals surface area (Å²) in [6, 6.07) is 6.06. The van der Waals surface area contributed by atoms with Crippen LogP contribution in [0.5, 0.6) is 0 Å². The number of rotatable bonds is 1. The third-order valence-electron chi connectivity index (χ3n) is 3.11. The van der Waals surface area contributed by atoms with E-state index in [9.17, 15) is 4.79 Å². The smallest absolute Gasteiger partial charge is 0.407 e. The van der Waals surface area contributed by atoms with Crippen LogP contribution in [-0.4, -0.2) is 21.1 Å². The van der Waals surface area contributed by atoms with E-state index < -0.39 is 6.09 Å². The summed E-state index contributed by atoms with van der Waals surface area (Å²) in [6.07, 6.45) is -0.864. The summed E-state index contributed by atoms with van der Waals surface area (Å²) in [5.41, 5.74) is 4.20.